The van der Waals surface area contributed by atoms with E-state index in [-0.39, 0.29) is 0 Å². The van der Waals surface area contributed by atoms with Crippen LogP contribution in [0.5, 0.6) is 0 Å². The largest absolute Gasteiger partial charge is 0.398 e. The third-order valence-electron chi connectivity index (χ3n) is 2.56. The van der Waals surface area contributed by atoms with Crippen LogP contribution in [0.25, 0.3) is 11.1 Å². The van der Waals surface area contributed by atoms with E-state index >= 15 is 0 Å². The van der Waals surface area contributed by atoms with Crippen LogP contribution in [0.4, 0.5) is 5.69 Å². The third-order valence-corrected chi connectivity index (χ3v) is 4.05. The van der Waals surface area contributed by atoms with Crippen LogP contribution in [0.3, 0.4) is 0 Å². The monoisotopic (exact) mass is 271 g/mol. The topological polar surface area (TPSA) is 26.0 Å². The van der Waals surface area contributed by atoms with Gasteiger partial charge in [-0.2, -0.15) is 0 Å². The van der Waals surface area contributed by atoms with Crippen molar-refractivity contribution in [2.45, 2.75) is 13.8 Å². The molecular formula is C12H11Cl2NS. The van der Waals surface area contributed by atoms with Gasteiger partial charge in [0.2, 0.25) is 0 Å². The van der Waals surface area contributed by atoms with Gasteiger partial charge in [-0.1, -0.05) is 29.3 Å². The summed E-state index contributed by atoms with van der Waals surface area (Å²) in [7, 11) is 0. The minimum atomic E-state index is 0.693. The van der Waals surface area contributed by atoms with E-state index in [2.05, 4.69) is 6.07 Å². The van der Waals surface area contributed by atoms with Gasteiger partial charge in [-0.3, -0.25) is 0 Å². The summed E-state index contributed by atoms with van der Waals surface area (Å²) >= 11 is 13.5. The number of benzene rings is 1. The van der Waals surface area contributed by atoms with Gasteiger partial charge in [0.1, 0.15) is 4.34 Å². The summed E-state index contributed by atoms with van der Waals surface area (Å²) in [5.74, 6) is 0. The van der Waals surface area contributed by atoms with E-state index in [9.17, 15) is 0 Å². The highest BCUT2D eigenvalue weighted by atomic mass is 35.5. The molecule has 2 rings (SSSR count). The Morgan fingerprint density at radius 1 is 1.00 bits per heavy atom. The maximum Gasteiger partial charge on any atom is 0.102 e. The first-order valence-corrected chi connectivity index (χ1v) is 6.38. The Morgan fingerprint density at radius 3 is 2.25 bits per heavy atom. The average Bonchev–Trinajstić information content (AvgIpc) is 2.51. The average molecular weight is 272 g/mol. The van der Waals surface area contributed by atoms with Gasteiger partial charge in [-0.15, -0.1) is 11.3 Å². The number of nitrogens with two attached hydrogens (primary N) is 1. The van der Waals surface area contributed by atoms with Crippen LogP contribution >= 0.6 is 34.5 Å². The number of anilines is 1. The highest BCUT2D eigenvalue weighted by Gasteiger charge is 2.11. The minimum Gasteiger partial charge on any atom is -0.398 e. The van der Waals surface area contributed by atoms with Crippen LogP contribution in [-0.4, -0.2) is 0 Å². The Kier molecular flexibility index (Phi) is 3.15. The molecule has 2 N–H and O–H groups in total. The molecular weight excluding hydrogens is 261 g/mol. The molecule has 1 aromatic heterocycles. The van der Waals surface area contributed by atoms with Crippen LogP contribution in [0.1, 0.15) is 11.1 Å². The zero-order valence-corrected chi connectivity index (χ0v) is 11.3. The Bertz CT molecular complexity index is 546. The Hall–Kier alpha value is -0.700. The molecule has 0 amide bonds. The number of thiophene rings is 1. The number of halogens is 2. The molecule has 0 atom stereocenters. The molecule has 0 fully saturated rings. The van der Waals surface area contributed by atoms with Gasteiger partial charge in [0.25, 0.3) is 0 Å². The fourth-order valence-electron chi connectivity index (χ4n) is 1.68. The zero-order chi connectivity index (χ0) is 11.9. The second kappa shape index (κ2) is 4.28. The van der Waals surface area contributed by atoms with Gasteiger partial charge in [0.15, 0.2) is 0 Å². The molecule has 0 spiro atoms. The first kappa shape index (κ1) is 11.8. The van der Waals surface area contributed by atoms with Crippen molar-refractivity contribution in [3.8, 4) is 11.1 Å². The zero-order valence-electron chi connectivity index (χ0n) is 8.97. The van der Waals surface area contributed by atoms with Crippen LogP contribution in [0, 0.1) is 13.8 Å². The summed E-state index contributed by atoms with van der Waals surface area (Å²) in [6.45, 7) is 4.04. The van der Waals surface area contributed by atoms with Gasteiger partial charge in [-0.25, -0.2) is 0 Å². The first-order chi connectivity index (χ1) is 7.49. The van der Waals surface area contributed by atoms with Crippen molar-refractivity contribution in [1.29, 1.82) is 0 Å². The summed E-state index contributed by atoms with van der Waals surface area (Å²) in [4.78, 5) is 0. The normalized spacial score (nSPS) is 10.8. The summed E-state index contributed by atoms with van der Waals surface area (Å²) in [6, 6.07) is 5.90. The second-order valence-corrected chi connectivity index (χ2v) is 6.05. The number of rotatable bonds is 1. The highest BCUT2D eigenvalue weighted by Crippen LogP contribution is 2.40. The number of hydrogen-bond donors (Lipinski definition) is 1. The molecule has 1 aromatic carbocycles. The van der Waals surface area contributed by atoms with Crippen LogP contribution in [0.2, 0.25) is 8.67 Å². The lowest BCUT2D eigenvalue weighted by atomic mass is 10.00. The van der Waals surface area contributed by atoms with Gasteiger partial charge < -0.3 is 5.73 Å². The second-order valence-electron chi connectivity index (χ2n) is 3.76. The fourth-order valence-corrected chi connectivity index (χ4v) is 3.17. The van der Waals surface area contributed by atoms with E-state index in [0.29, 0.717) is 8.67 Å². The van der Waals surface area contributed by atoms with Gasteiger partial charge in [-0.05, 0) is 42.7 Å². The van der Waals surface area contributed by atoms with E-state index < -0.39 is 0 Å². The molecule has 4 heteroatoms. The first-order valence-electron chi connectivity index (χ1n) is 4.81. The van der Waals surface area contributed by atoms with Crippen molar-refractivity contribution in [3.05, 3.63) is 38.0 Å². The Labute approximate surface area is 109 Å². The Morgan fingerprint density at radius 2 is 1.69 bits per heavy atom. The lowest BCUT2D eigenvalue weighted by Gasteiger charge is -2.08. The van der Waals surface area contributed by atoms with Crippen molar-refractivity contribution in [1.82, 2.24) is 0 Å². The van der Waals surface area contributed by atoms with Crippen molar-refractivity contribution < 1.29 is 0 Å². The molecule has 0 radical (unpaired) electrons. The van der Waals surface area contributed by atoms with Crippen molar-refractivity contribution in [3.63, 3.8) is 0 Å². The fraction of sp³-hybridized carbons (Fsp3) is 0.167. The lowest BCUT2D eigenvalue weighted by Crippen LogP contribution is -1.92. The Balaban J connectivity index is 2.64. The van der Waals surface area contributed by atoms with Gasteiger partial charge in [0, 0.05) is 11.3 Å². The predicted molar refractivity (Wildman–Crippen MR) is 73.7 cm³/mol. The maximum absolute atomic E-state index is 6.14. The van der Waals surface area contributed by atoms with Crippen LogP contribution in [-0.2, 0) is 0 Å². The quantitative estimate of drug-likeness (QED) is 0.732. The summed E-state index contributed by atoms with van der Waals surface area (Å²) in [5.41, 5.74) is 10.9. The number of nitrogen functional groups attached to an aromatic ring is 1. The summed E-state index contributed by atoms with van der Waals surface area (Å²) in [5, 5.41) is 0. The molecule has 0 bridgehead atoms. The molecule has 0 aliphatic heterocycles. The molecule has 1 heterocycles. The van der Waals surface area contributed by atoms with Crippen molar-refractivity contribution in [2.24, 2.45) is 0 Å². The molecule has 84 valence electrons. The molecule has 0 saturated heterocycles. The minimum absolute atomic E-state index is 0.693. The smallest absolute Gasteiger partial charge is 0.102 e. The number of aryl methyl sites for hydroxylation is 2. The van der Waals surface area contributed by atoms with Gasteiger partial charge in [0.05, 0.1) is 4.34 Å². The van der Waals surface area contributed by atoms with E-state index in [0.717, 1.165) is 27.9 Å². The SMILES string of the molecule is Cc1cc(C)c(-c2cc(Cl)sc2Cl)cc1N. The molecule has 0 unspecified atom stereocenters. The van der Waals surface area contributed by atoms with E-state index in [1.807, 2.05) is 26.0 Å². The van der Waals surface area contributed by atoms with E-state index in [1.165, 1.54) is 11.3 Å². The van der Waals surface area contributed by atoms with Gasteiger partial charge >= 0.3 is 0 Å². The third kappa shape index (κ3) is 2.05. The van der Waals surface area contributed by atoms with Crippen molar-refractivity contribution in [2.75, 3.05) is 5.73 Å². The summed E-state index contributed by atoms with van der Waals surface area (Å²) < 4.78 is 1.40. The number of hydrogen-bond acceptors (Lipinski definition) is 2. The standard InChI is InChI=1S/C12H11Cl2NS/c1-6-3-7(2)10(15)4-8(6)9-5-11(13)16-12(9)14/h3-5H,15H2,1-2H3. The lowest BCUT2D eigenvalue weighted by molar-refractivity contribution is 1.39. The molecule has 1 nitrogen and oxygen atoms in total. The van der Waals surface area contributed by atoms with E-state index in [1.54, 1.807) is 0 Å². The van der Waals surface area contributed by atoms with Crippen LogP contribution in [0.15, 0.2) is 18.2 Å². The molecule has 0 saturated carbocycles. The highest BCUT2D eigenvalue weighted by molar-refractivity contribution is 7.20. The summed E-state index contributed by atoms with van der Waals surface area (Å²) in [6.07, 6.45) is 0. The molecule has 0 aliphatic rings. The van der Waals surface area contributed by atoms with E-state index in [4.69, 9.17) is 28.9 Å². The molecule has 16 heavy (non-hydrogen) atoms. The van der Waals surface area contributed by atoms with Crippen molar-refractivity contribution >= 4 is 40.2 Å². The maximum atomic E-state index is 6.14. The van der Waals surface area contributed by atoms with Crippen LogP contribution < -0.4 is 5.73 Å². The molecule has 0 aliphatic carbocycles. The molecule has 2 aromatic rings. The predicted octanol–water partition coefficient (Wildman–Crippen LogP) is 4.92.